The van der Waals surface area contributed by atoms with Gasteiger partial charge in [-0.25, -0.2) is 0 Å². The molecule has 4 rings (SSSR count). The molecule has 0 radical (unpaired) electrons. The van der Waals surface area contributed by atoms with E-state index < -0.39 is 6.61 Å². The number of fused-ring (bicyclic) bond motifs is 1. The van der Waals surface area contributed by atoms with E-state index >= 15 is 0 Å². The van der Waals surface area contributed by atoms with Crippen molar-refractivity contribution in [1.29, 1.82) is 0 Å². The molecule has 34 heavy (non-hydrogen) atoms. The van der Waals surface area contributed by atoms with E-state index in [9.17, 15) is 13.6 Å². The third-order valence-electron chi connectivity index (χ3n) is 4.80. The van der Waals surface area contributed by atoms with Crippen LogP contribution in [-0.2, 0) is 16.0 Å². The van der Waals surface area contributed by atoms with Crippen LogP contribution >= 0.6 is 11.6 Å². The molecule has 0 spiro atoms. The maximum atomic E-state index is 12.5. The largest absolute Gasteiger partial charge is 0.433 e. The van der Waals surface area contributed by atoms with Gasteiger partial charge in [-0.3, -0.25) is 9.78 Å². The molecule has 0 atom stereocenters. The summed E-state index contributed by atoms with van der Waals surface area (Å²) in [5.41, 5.74) is 1.87. The molecular weight excluding hydrogens is 468 g/mol. The van der Waals surface area contributed by atoms with E-state index in [0.29, 0.717) is 29.1 Å². The van der Waals surface area contributed by atoms with Crippen LogP contribution < -0.4 is 4.74 Å². The topological polar surface area (TPSA) is 87.3 Å². The van der Waals surface area contributed by atoms with Crippen LogP contribution in [0.15, 0.2) is 65.5 Å². The van der Waals surface area contributed by atoms with Crippen LogP contribution in [0.3, 0.4) is 0 Å². The number of hydrogen-bond acceptors (Lipinski definition) is 7. The van der Waals surface area contributed by atoms with Gasteiger partial charge in [0.1, 0.15) is 5.75 Å². The van der Waals surface area contributed by atoms with Crippen LogP contribution in [0.25, 0.3) is 33.6 Å². The van der Waals surface area contributed by atoms with Gasteiger partial charge in [-0.05, 0) is 36.6 Å². The zero-order valence-corrected chi connectivity index (χ0v) is 18.7. The van der Waals surface area contributed by atoms with Crippen molar-refractivity contribution in [1.82, 2.24) is 15.1 Å². The van der Waals surface area contributed by atoms with Crippen molar-refractivity contribution in [2.45, 2.75) is 26.4 Å². The number of allylic oxidation sites excluding steroid dienone is 1. The first-order chi connectivity index (χ1) is 16.3. The molecule has 0 aliphatic rings. The quantitative estimate of drug-likeness (QED) is 0.216. The molecule has 0 saturated heterocycles. The fourth-order valence-corrected chi connectivity index (χ4v) is 3.63. The predicted molar refractivity (Wildman–Crippen MR) is 121 cm³/mol. The number of benzene rings is 2. The molecule has 0 unspecified atom stereocenters. The summed E-state index contributed by atoms with van der Waals surface area (Å²) in [6, 6.07) is 11.6. The van der Waals surface area contributed by atoms with Crippen molar-refractivity contribution in [2.75, 3.05) is 0 Å². The summed E-state index contributed by atoms with van der Waals surface area (Å²) in [4.78, 5) is 20.7. The van der Waals surface area contributed by atoms with Crippen LogP contribution in [0, 0.1) is 0 Å². The highest BCUT2D eigenvalue weighted by molar-refractivity contribution is 6.32. The van der Waals surface area contributed by atoms with E-state index in [0.717, 1.165) is 16.5 Å². The second kappa shape index (κ2) is 9.96. The molecule has 10 heteroatoms. The molecule has 2 heterocycles. The first-order valence-electron chi connectivity index (χ1n) is 10.1. The Morgan fingerprint density at radius 2 is 2.03 bits per heavy atom. The van der Waals surface area contributed by atoms with Crippen molar-refractivity contribution in [3.05, 3.63) is 71.7 Å². The highest BCUT2D eigenvalue weighted by Crippen LogP contribution is 2.33. The minimum absolute atomic E-state index is 0.0106. The van der Waals surface area contributed by atoms with Gasteiger partial charge < -0.3 is 14.0 Å². The van der Waals surface area contributed by atoms with Crippen LogP contribution in [0.2, 0.25) is 5.02 Å². The summed E-state index contributed by atoms with van der Waals surface area (Å²) >= 11 is 6.03. The molecule has 0 aliphatic carbocycles. The van der Waals surface area contributed by atoms with Crippen molar-refractivity contribution in [3.8, 4) is 28.6 Å². The molecule has 0 bridgehead atoms. The fraction of sp³-hybridized carbons (Fsp3) is 0.167. The molecule has 0 N–H and O–H groups in total. The molecule has 4 aromatic rings. The number of alkyl halides is 2. The third-order valence-corrected chi connectivity index (χ3v) is 5.10. The van der Waals surface area contributed by atoms with E-state index in [1.807, 2.05) is 24.3 Å². The Hall–Kier alpha value is -3.85. The predicted octanol–water partition coefficient (Wildman–Crippen LogP) is 6.22. The number of ether oxygens (including phenoxy) is 2. The number of rotatable bonds is 8. The molecule has 0 fully saturated rings. The van der Waals surface area contributed by atoms with Gasteiger partial charge in [-0.1, -0.05) is 41.5 Å². The van der Waals surface area contributed by atoms with Crippen LogP contribution in [0.1, 0.15) is 19.0 Å². The maximum absolute atomic E-state index is 12.5. The number of pyridine rings is 1. The molecule has 0 amide bonds. The lowest BCUT2D eigenvalue weighted by Crippen LogP contribution is -2.05. The minimum atomic E-state index is -2.99. The standard InChI is InChI=1S/C24H18ClF2N3O4/c1-13(2)32-21(31)9-7-19-16-4-3-5-17(15(16)10-11-28-19)22-29-23(34-30-22)14-6-8-20(18(25)12-14)33-24(26)27/h3-6,8,10-12,24H,1,7,9H2,2H3. The number of halogens is 3. The van der Waals surface area contributed by atoms with Gasteiger partial charge in [0.05, 0.1) is 17.2 Å². The number of nitrogens with zero attached hydrogens (tertiary/aromatic N) is 3. The van der Waals surface area contributed by atoms with Gasteiger partial charge in [0.25, 0.3) is 5.89 Å². The highest BCUT2D eigenvalue weighted by Gasteiger charge is 2.17. The SMILES string of the molecule is C=C(C)OC(=O)CCc1nccc2c(-c3noc(-c4ccc(OC(F)F)c(Cl)c4)n3)cccc12. The Morgan fingerprint density at radius 3 is 2.76 bits per heavy atom. The lowest BCUT2D eigenvalue weighted by Gasteiger charge is -2.08. The Kier molecular flexibility index (Phi) is 6.83. The zero-order valence-electron chi connectivity index (χ0n) is 17.9. The third kappa shape index (κ3) is 5.20. The lowest BCUT2D eigenvalue weighted by molar-refractivity contribution is -0.139. The van der Waals surface area contributed by atoms with Crippen LogP contribution in [-0.4, -0.2) is 27.7 Å². The molecule has 2 aromatic carbocycles. The summed E-state index contributed by atoms with van der Waals surface area (Å²) in [6.45, 7) is 2.19. The van der Waals surface area contributed by atoms with E-state index in [-0.39, 0.29) is 29.1 Å². The number of carbonyl (C=O) groups is 1. The van der Waals surface area contributed by atoms with Gasteiger partial charge >= 0.3 is 12.6 Å². The van der Waals surface area contributed by atoms with Gasteiger partial charge in [0, 0.05) is 34.8 Å². The highest BCUT2D eigenvalue weighted by atomic mass is 35.5. The molecule has 7 nitrogen and oxygen atoms in total. The molecule has 2 aromatic heterocycles. The summed E-state index contributed by atoms with van der Waals surface area (Å²) in [5, 5.41) is 5.72. The van der Waals surface area contributed by atoms with E-state index in [2.05, 4.69) is 26.4 Å². The van der Waals surface area contributed by atoms with E-state index in [4.69, 9.17) is 20.9 Å². The van der Waals surface area contributed by atoms with Gasteiger partial charge in [0.2, 0.25) is 5.82 Å². The van der Waals surface area contributed by atoms with Crippen LogP contribution in [0.4, 0.5) is 8.78 Å². The molecule has 0 saturated carbocycles. The zero-order chi connectivity index (χ0) is 24.2. The average Bonchev–Trinajstić information content (AvgIpc) is 3.28. The number of aryl methyl sites for hydroxylation is 1. The smallest absolute Gasteiger partial charge is 0.387 e. The average molecular weight is 486 g/mol. The maximum Gasteiger partial charge on any atom is 0.387 e. The Bertz CT molecular complexity index is 1370. The molecule has 174 valence electrons. The summed E-state index contributed by atoms with van der Waals surface area (Å²) in [7, 11) is 0. The van der Waals surface area contributed by atoms with Crippen molar-refractivity contribution < 1.29 is 27.6 Å². The second-order valence-corrected chi connectivity index (χ2v) is 7.69. The van der Waals surface area contributed by atoms with E-state index in [1.165, 1.54) is 18.2 Å². The van der Waals surface area contributed by atoms with Gasteiger partial charge in [0.15, 0.2) is 0 Å². The van der Waals surface area contributed by atoms with Gasteiger partial charge in [-0.2, -0.15) is 13.8 Å². The normalized spacial score (nSPS) is 11.1. The number of esters is 1. The van der Waals surface area contributed by atoms with Crippen molar-refractivity contribution in [3.63, 3.8) is 0 Å². The molecular formula is C24H18ClF2N3O4. The first kappa shape index (κ1) is 23.3. The number of hydrogen-bond donors (Lipinski definition) is 0. The lowest BCUT2D eigenvalue weighted by atomic mass is 10.0. The van der Waals surface area contributed by atoms with Gasteiger partial charge in [-0.15, -0.1) is 0 Å². The Morgan fingerprint density at radius 1 is 1.21 bits per heavy atom. The van der Waals surface area contributed by atoms with Crippen LogP contribution in [0.5, 0.6) is 5.75 Å². The number of carbonyl (C=O) groups excluding carboxylic acids is 1. The summed E-state index contributed by atoms with van der Waals surface area (Å²) in [6.07, 6.45) is 2.19. The fourth-order valence-electron chi connectivity index (χ4n) is 3.40. The molecule has 0 aliphatic heterocycles. The van der Waals surface area contributed by atoms with E-state index in [1.54, 1.807) is 13.1 Å². The first-order valence-corrected chi connectivity index (χ1v) is 10.5. The Labute approximate surface area is 198 Å². The van der Waals surface area contributed by atoms with Crippen molar-refractivity contribution >= 4 is 28.3 Å². The minimum Gasteiger partial charge on any atom is -0.433 e. The Balaban J connectivity index is 1.62. The summed E-state index contributed by atoms with van der Waals surface area (Å²) < 4.78 is 39.7. The monoisotopic (exact) mass is 485 g/mol. The summed E-state index contributed by atoms with van der Waals surface area (Å²) in [5.74, 6) is 0.289. The second-order valence-electron chi connectivity index (χ2n) is 7.28. The number of aromatic nitrogens is 3. The van der Waals surface area contributed by atoms with Crippen molar-refractivity contribution in [2.24, 2.45) is 0 Å².